The Balaban J connectivity index is 2.23. The molecule has 0 unspecified atom stereocenters. The molecular weight excluding hydrogens is 305 g/mol. The van der Waals surface area contributed by atoms with Gasteiger partial charge in [0.25, 0.3) is 5.91 Å². The van der Waals surface area contributed by atoms with Gasteiger partial charge in [-0.05, 0) is 18.2 Å². The fraction of sp³-hybridized carbons (Fsp3) is 0. The van der Waals surface area contributed by atoms with Crippen LogP contribution in [0, 0.1) is 0 Å². The molecule has 0 spiro atoms. The molecule has 15 heavy (non-hydrogen) atoms. The third kappa shape index (κ3) is 2.17. The van der Waals surface area contributed by atoms with Crippen molar-refractivity contribution >= 4 is 34.5 Å². The zero-order valence-corrected chi connectivity index (χ0v) is 9.88. The molecule has 1 aromatic heterocycles. The van der Waals surface area contributed by atoms with Crippen molar-refractivity contribution in [3.63, 3.8) is 0 Å². The molecule has 0 aliphatic carbocycles. The zero-order valence-electron chi connectivity index (χ0n) is 7.72. The number of H-pyrrole nitrogens is 1. The first-order valence-electron chi connectivity index (χ1n) is 4.33. The summed E-state index contributed by atoms with van der Waals surface area (Å²) in [5.41, 5.74) is 1.32. The van der Waals surface area contributed by atoms with Gasteiger partial charge in [-0.25, -0.2) is 3.11 Å². The molecule has 0 bridgehead atoms. The van der Waals surface area contributed by atoms with Gasteiger partial charge in [-0.2, -0.15) is 5.10 Å². The maximum Gasteiger partial charge on any atom is 0.285 e. The van der Waals surface area contributed by atoms with Crippen LogP contribution in [0.3, 0.4) is 0 Å². The summed E-state index contributed by atoms with van der Waals surface area (Å²) in [6, 6.07) is 11.1. The van der Waals surface area contributed by atoms with E-state index >= 15 is 0 Å². The summed E-state index contributed by atoms with van der Waals surface area (Å²) < 4.78 is 1.55. The highest BCUT2D eigenvalue weighted by Gasteiger charge is 2.15. The lowest BCUT2D eigenvalue weighted by molar-refractivity contribution is 0.101. The quantitative estimate of drug-likeness (QED) is 0.684. The number of benzene rings is 1. The van der Waals surface area contributed by atoms with Crippen LogP contribution in [0.2, 0.25) is 0 Å². The van der Waals surface area contributed by atoms with Crippen molar-refractivity contribution in [3.05, 3.63) is 48.3 Å². The lowest BCUT2D eigenvalue weighted by atomic mass is 10.3. The maximum atomic E-state index is 11.9. The summed E-state index contributed by atoms with van der Waals surface area (Å²) in [6.45, 7) is 0. The molecule has 0 aliphatic heterocycles. The molecular formula is C10H8IN3O. The number of nitrogens with one attached hydrogen (secondary N) is 1. The van der Waals surface area contributed by atoms with Gasteiger partial charge >= 0.3 is 0 Å². The molecule has 76 valence electrons. The van der Waals surface area contributed by atoms with Crippen molar-refractivity contribution in [2.24, 2.45) is 0 Å². The highest BCUT2D eigenvalue weighted by Crippen LogP contribution is 2.19. The van der Waals surface area contributed by atoms with Gasteiger partial charge in [0.1, 0.15) is 5.69 Å². The van der Waals surface area contributed by atoms with Crippen LogP contribution in [0.15, 0.2) is 42.6 Å². The van der Waals surface area contributed by atoms with Crippen molar-refractivity contribution < 1.29 is 4.79 Å². The first-order valence-corrected chi connectivity index (χ1v) is 5.30. The first-order chi connectivity index (χ1) is 7.29. The normalized spacial score (nSPS) is 9.93. The van der Waals surface area contributed by atoms with Crippen molar-refractivity contribution in [2.45, 2.75) is 0 Å². The van der Waals surface area contributed by atoms with Crippen LogP contribution in [0.5, 0.6) is 0 Å². The number of carbonyl (C=O) groups excluding carboxylic acids is 1. The Hall–Kier alpha value is -1.37. The van der Waals surface area contributed by atoms with Gasteiger partial charge in [-0.15, -0.1) is 0 Å². The molecule has 1 amide bonds. The van der Waals surface area contributed by atoms with Gasteiger partial charge in [0, 0.05) is 6.20 Å². The predicted molar refractivity (Wildman–Crippen MR) is 65.9 cm³/mol. The van der Waals surface area contributed by atoms with Crippen LogP contribution in [0.1, 0.15) is 10.5 Å². The summed E-state index contributed by atoms with van der Waals surface area (Å²) in [4.78, 5) is 11.9. The van der Waals surface area contributed by atoms with E-state index in [1.807, 2.05) is 53.2 Å². The van der Waals surface area contributed by atoms with E-state index in [2.05, 4.69) is 10.2 Å². The largest absolute Gasteiger partial charge is 0.285 e. The van der Waals surface area contributed by atoms with E-state index in [4.69, 9.17) is 0 Å². The van der Waals surface area contributed by atoms with E-state index < -0.39 is 0 Å². The molecule has 1 aromatic carbocycles. The molecule has 0 aliphatic rings. The van der Waals surface area contributed by atoms with E-state index in [0.717, 1.165) is 5.69 Å². The fourth-order valence-corrected chi connectivity index (χ4v) is 1.74. The summed E-state index contributed by atoms with van der Waals surface area (Å²) in [7, 11) is 0. The molecule has 4 nitrogen and oxygen atoms in total. The number of aromatic amines is 1. The molecule has 5 heteroatoms. The number of hydrogen-bond donors (Lipinski definition) is 1. The predicted octanol–water partition coefficient (Wildman–Crippen LogP) is 2.41. The van der Waals surface area contributed by atoms with Crippen molar-refractivity contribution in [2.75, 3.05) is 3.11 Å². The molecule has 0 fully saturated rings. The maximum absolute atomic E-state index is 11.9. The molecule has 0 atom stereocenters. The van der Waals surface area contributed by atoms with Crippen molar-refractivity contribution in [1.82, 2.24) is 10.2 Å². The lowest BCUT2D eigenvalue weighted by Crippen LogP contribution is -2.20. The van der Waals surface area contributed by atoms with E-state index in [1.54, 1.807) is 15.4 Å². The van der Waals surface area contributed by atoms with Crippen molar-refractivity contribution in [1.29, 1.82) is 0 Å². The van der Waals surface area contributed by atoms with Crippen LogP contribution in [0.25, 0.3) is 0 Å². The first kappa shape index (κ1) is 10.2. The SMILES string of the molecule is O=C(c1ccn[nH]1)N(I)c1ccccc1. The van der Waals surface area contributed by atoms with Crippen LogP contribution >= 0.6 is 22.9 Å². The Labute approximate surface area is 101 Å². The van der Waals surface area contributed by atoms with E-state index in [1.165, 1.54) is 0 Å². The standard InChI is InChI=1S/C10H8IN3O/c11-14(8-4-2-1-3-5-8)10(15)9-6-7-12-13-9/h1-7H,(H,12,13). The highest BCUT2D eigenvalue weighted by molar-refractivity contribution is 14.1. The summed E-state index contributed by atoms with van der Waals surface area (Å²) >= 11 is 1.97. The fourth-order valence-electron chi connectivity index (χ4n) is 1.16. The smallest absolute Gasteiger partial charge is 0.273 e. The zero-order chi connectivity index (χ0) is 10.7. The number of amides is 1. The minimum Gasteiger partial charge on any atom is -0.273 e. The van der Waals surface area contributed by atoms with Gasteiger partial charge in [0.15, 0.2) is 0 Å². The Kier molecular flexibility index (Phi) is 3.00. The number of halogens is 1. The minimum atomic E-state index is -0.112. The number of rotatable bonds is 2. The number of para-hydroxylation sites is 1. The second kappa shape index (κ2) is 4.43. The van der Waals surface area contributed by atoms with Gasteiger partial charge in [0.05, 0.1) is 28.6 Å². The lowest BCUT2D eigenvalue weighted by Gasteiger charge is -2.12. The average Bonchev–Trinajstić information content (AvgIpc) is 2.82. The monoisotopic (exact) mass is 313 g/mol. The third-order valence-electron chi connectivity index (χ3n) is 1.89. The van der Waals surface area contributed by atoms with E-state index in [9.17, 15) is 4.79 Å². The Bertz CT molecular complexity index is 441. The summed E-state index contributed by atoms with van der Waals surface area (Å²) in [5, 5.41) is 6.39. The second-order valence-corrected chi connectivity index (χ2v) is 3.86. The number of carbonyl (C=O) groups is 1. The van der Waals surface area contributed by atoms with Crippen LogP contribution < -0.4 is 3.11 Å². The highest BCUT2D eigenvalue weighted by atomic mass is 127. The Morgan fingerprint density at radius 2 is 2.00 bits per heavy atom. The van der Waals surface area contributed by atoms with Crippen molar-refractivity contribution in [3.8, 4) is 0 Å². The minimum absolute atomic E-state index is 0.112. The molecule has 0 saturated carbocycles. The number of nitrogens with zero attached hydrogens (tertiary/aromatic N) is 2. The van der Waals surface area contributed by atoms with Gasteiger partial charge < -0.3 is 0 Å². The van der Waals surface area contributed by atoms with E-state index in [-0.39, 0.29) is 5.91 Å². The summed E-state index contributed by atoms with van der Waals surface area (Å²) in [6.07, 6.45) is 1.56. The van der Waals surface area contributed by atoms with Gasteiger partial charge in [-0.1, -0.05) is 18.2 Å². The summed E-state index contributed by atoms with van der Waals surface area (Å²) in [5.74, 6) is -0.112. The Morgan fingerprint density at radius 1 is 1.27 bits per heavy atom. The molecule has 0 radical (unpaired) electrons. The molecule has 1 heterocycles. The Morgan fingerprint density at radius 3 is 2.60 bits per heavy atom. The van der Waals surface area contributed by atoms with Crippen LogP contribution in [-0.4, -0.2) is 16.1 Å². The molecule has 1 N–H and O–H groups in total. The molecule has 0 saturated heterocycles. The molecule has 2 aromatic rings. The third-order valence-corrected chi connectivity index (χ3v) is 2.89. The average molecular weight is 313 g/mol. The van der Waals surface area contributed by atoms with Gasteiger partial charge in [-0.3, -0.25) is 9.89 Å². The topological polar surface area (TPSA) is 49.0 Å². The number of anilines is 1. The van der Waals surface area contributed by atoms with E-state index in [0.29, 0.717) is 5.69 Å². The second-order valence-electron chi connectivity index (χ2n) is 2.89. The molecule has 2 rings (SSSR count). The van der Waals surface area contributed by atoms with Crippen LogP contribution in [0.4, 0.5) is 5.69 Å². The number of aromatic nitrogens is 2. The number of hydrogen-bond acceptors (Lipinski definition) is 2. The van der Waals surface area contributed by atoms with Crippen LogP contribution in [-0.2, 0) is 0 Å². The van der Waals surface area contributed by atoms with Gasteiger partial charge in [0.2, 0.25) is 0 Å².